The number of hydrogen-bond donors (Lipinski definition) is 1. The smallest absolute Gasteiger partial charge is 0.266 e. The Hall–Kier alpha value is -2.32. The first-order valence-electron chi connectivity index (χ1n) is 6.25. The largest absolute Gasteiger partial charge is 0.466 e. The summed E-state index contributed by atoms with van der Waals surface area (Å²) < 4.78 is 6.30. The Morgan fingerprint density at radius 1 is 1.33 bits per heavy atom. The summed E-state index contributed by atoms with van der Waals surface area (Å²) in [5.41, 5.74) is 1.39. The molecule has 0 atom stereocenters. The number of nitrogens with zero attached hydrogens (tertiary/aromatic N) is 1. The fourth-order valence-corrected chi connectivity index (χ4v) is 2.09. The minimum Gasteiger partial charge on any atom is -0.466 e. The van der Waals surface area contributed by atoms with Gasteiger partial charge in [0.25, 0.3) is 5.91 Å². The normalized spacial score (nSPS) is 11.0. The molecule has 0 radical (unpaired) electrons. The molecule has 2 aromatic rings. The van der Waals surface area contributed by atoms with Crippen LogP contribution in [0.2, 0.25) is 0 Å². The van der Waals surface area contributed by atoms with Crippen LogP contribution in [0.3, 0.4) is 0 Å². The molecule has 21 heavy (non-hydrogen) atoms. The molecule has 0 spiro atoms. The number of carbonyl (C=O) groups is 1. The van der Waals surface area contributed by atoms with Crippen molar-refractivity contribution in [2.75, 3.05) is 5.32 Å². The summed E-state index contributed by atoms with van der Waals surface area (Å²) in [5, 5.41) is 11.8. The van der Waals surface area contributed by atoms with E-state index in [1.807, 2.05) is 25.1 Å². The number of amides is 1. The number of benzene rings is 1. The Bertz CT molecular complexity index is 737. The first-order valence-corrected chi connectivity index (χ1v) is 7.04. The van der Waals surface area contributed by atoms with Gasteiger partial charge in [-0.05, 0) is 50.3 Å². The van der Waals surface area contributed by atoms with E-state index >= 15 is 0 Å². The first kappa shape index (κ1) is 15.1. The van der Waals surface area contributed by atoms with Crippen LogP contribution >= 0.6 is 15.9 Å². The third kappa shape index (κ3) is 3.83. The summed E-state index contributed by atoms with van der Waals surface area (Å²) in [6, 6.07) is 10.8. The van der Waals surface area contributed by atoms with Crippen molar-refractivity contribution in [1.82, 2.24) is 0 Å². The fraction of sp³-hybridized carbons (Fsp3) is 0.125. The first-order chi connectivity index (χ1) is 9.99. The Kier molecular flexibility index (Phi) is 4.61. The topological polar surface area (TPSA) is 66.0 Å². The second kappa shape index (κ2) is 6.42. The van der Waals surface area contributed by atoms with Crippen molar-refractivity contribution in [3.8, 4) is 6.07 Å². The van der Waals surface area contributed by atoms with E-state index < -0.39 is 5.91 Å². The number of carbonyl (C=O) groups excluding carboxylic acids is 1. The van der Waals surface area contributed by atoms with E-state index in [4.69, 9.17) is 9.68 Å². The summed E-state index contributed by atoms with van der Waals surface area (Å²) in [6.45, 7) is 3.61. The molecule has 106 valence electrons. The Morgan fingerprint density at radius 2 is 2.00 bits per heavy atom. The molecular formula is C16H13BrN2O2. The number of nitriles is 1. The maximum atomic E-state index is 12.1. The van der Waals surface area contributed by atoms with E-state index in [0.717, 1.165) is 15.8 Å². The molecule has 1 aromatic heterocycles. The predicted octanol–water partition coefficient (Wildman–Crippen LogP) is 4.20. The molecule has 1 amide bonds. The van der Waals surface area contributed by atoms with Crippen LogP contribution in [0.4, 0.5) is 5.69 Å². The molecule has 0 aliphatic rings. The summed E-state index contributed by atoms with van der Waals surface area (Å²) in [6.07, 6.45) is 1.53. The molecule has 5 heteroatoms. The summed E-state index contributed by atoms with van der Waals surface area (Å²) in [7, 11) is 0. The molecule has 0 unspecified atom stereocenters. The Morgan fingerprint density at radius 3 is 2.52 bits per heavy atom. The number of hydrogen-bond acceptors (Lipinski definition) is 3. The van der Waals surface area contributed by atoms with E-state index in [9.17, 15) is 4.79 Å². The van der Waals surface area contributed by atoms with Crippen LogP contribution in [0.25, 0.3) is 6.08 Å². The summed E-state index contributed by atoms with van der Waals surface area (Å²) in [4.78, 5) is 12.1. The van der Waals surface area contributed by atoms with Gasteiger partial charge in [-0.25, -0.2) is 0 Å². The van der Waals surface area contributed by atoms with Crippen LogP contribution in [0.1, 0.15) is 17.1 Å². The number of rotatable bonds is 3. The van der Waals surface area contributed by atoms with E-state index in [1.54, 1.807) is 25.1 Å². The maximum Gasteiger partial charge on any atom is 0.266 e. The van der Waals surface area contributed by atoms with Gasteiger partial charge in [-0.2, -0.15) is 5.26 Å². The van der Waals surface area contributed by atoms with Gasteiger partial charge in [0.05, 0.1) is 0 Å². The number of anilines is 1. The third-order valence-electron chi connectivity index (χ3n) is 2.85. The van der Waals surface area contributed by atoms with Gasteiger partial charge in [-0.15, -0.1) is 0 Å². The van der Waals surface area contributed by atoms with Crippen molar-refractivity contribution in [3.63, 3.8) is 0 Å². The van der Waals surface area contributed by atoms with Gasteiger partial charge in [-0.3, -0.25) is 4.79 Å². The van der Waals surface area contributed by atoms with Crippen LogP contribution in [0.15, 0.2) is 44.8 Å². The van der Waals surface area contributed by atoms with Crippen LogP contribution in [-0.2, 0) is 4.79 Å². The molecule has 2 rings (SSSR count). The van der Waals surface area contributed by atoms with Crippen LogP contribution in [0.5, 0.6) is 0 Å². The van der Waals surface area contributed by atoms with Gasteiger partial charge >= 0.3 is 0 Å². The average Bonchev–Trinajstić information content (AvgIpc) is 2.76. The van der Waals surface area contributed by atoms with Gasteiger partial charge in [0.2, 0.25) is 0 Å². The maximum absolute atomic E-state index is 12.1. The van der Waals surface area contributed by atoms with Crippen LogP contribution in [-0.4, -0.2) is 5.91 Å². The zero-order valence-electron chi connectivity index (χ0n) is 11.6. The van der Waals surface area contributed by atoms with Gasteiger partial charge in [-0.1, -0.05) is 15.9 Å². The Labute approximate surface area is 131 Å². The predicted molar refractivity (Wildman–Crippen MR) is 84.5 cm³/mol. The number of aryl methyl sites for hydroxylation is 2. The lowest BCUT2D eigenvalue weighted by molar-refractivity contribution is -0.112. The lowest BCUT2D eigenvalue weighted by Crippen LogP contribution is -2.13. The zero-order valence-corrected chi connectivity index (χ0v) is 13.2. The van der Waals surface area contributed by atoms with E-state index in [0.29, 0.717) is 11.4 Å². The highest BCUT2D eigenvalue weighted by atomic mass is 79.9. The lowest BCUT2D eigenvalue weighted by atomic mass is 10.1. The molecule has 0 saturated heterocycles. The number of furan rings is 1. The van der Waals surface area contributed by atoms with Gasteiger partial charge in [0, 0.05) is 15.7 Å². The number of nitrogens with one attached hydrogen (secondary N) is 1. The molecule has 1 heterocycles. The second-order valence-corrected chi connectivity index (χ2v) is 5.42. The van der Waals surface area contributed by atoms with Crippen molar-refractivity contribution >= 4 is 33.6 Å². The molecule has 0 aliphatic heterocycles. The molecule has 1 aromatic carbocycles. The number of halogens is 1. The molecule has 4 nitrogen and oxygen atoms in total. The standard InChI is InChI=1S/C16H13BrN2O2/c1-10-7-12(11(2)21-10)8-13(9-18)16(20)19-15-5-3-14(17)4-6-15/h3-8H,1-2H3,(H,19,20)/b13-8-. The minimum atomic E-state index is -0.446. The van der Waals surface area contributed by atoms with Crippen molar-refractivity contribution in [2.45, 2.75) is 13.8 Å². The van der Waals surface area contributed by atoms with Crippen molar-refractivity contribution in [3.05, 3.63) is 57.5 Å². The highest BCUT2D eigenvalue weighted by Gasteiger charge is 2.11. The molecule has 0 fully saturated rings. The summed E-state index contributed by atoms with van der Waals surface area (Å²) >= 11 is 3.32. The average molecular weight is 345 g/mol. The quantitative estimate of drug-likeness (QED) is 0.670. The molecule has 1 N–H and O–H groups in total. The molecule has 0 bridgehead atoms. The van der Waals surface area contributed by atoms with Gasteiger partial charge in [0.15, 0.2) is 0 Å². The molecular weight excluding hydrogens is 332 g/mol. The van der Waals surface area contributed by atoms with Crippen LogP contribution < -0.4 is 5.32 Å². The fourth-order valence-electron chi connectivity index (χ4n) is 1.83. The van der Waals surface area contributed by atoms with Crippen molar-refractivity contribution in [1.29, 1.82) is 5.26 Å². The zero-order chi connectivity index (χ0) is 15.4. The highest BCUT2D eigenvalue weighted by Crippen LogP contribution is 2.18. The van der Waals surface area contributed by atoms with Crippen molar-refractivity contribution < 1.29 is 9.21 Å². The molecule has 0 saturated carbocycles. The van der Waals surface area contributed by atoms with E-state index in [1.165, 1.54) is 6.08 Å². The van der Waals surface area contributed by atoms with E-state index in [2.05, 4.69) is 21.2 Å². The van der Waals surface area contributed by atoms with Crippen molar-refractivity contribution in [2.24, 2.45) is 0 Å². The van der Waals surface area contributed by atoms with Crippen LogP contribution in [0, 0.1) is 25.2 Å². The second-order valence-electron chi connectivity index (χ2n) is 4.50. The monoisotopic (exact) mass is 344 g/mol. The van der Waals surface area contributed by atoms with Gasteiger partial charge < -0.3 is 9.73 Å². The highest BCUT2D eigenvalue weighted by molar-refractivity contribution is 9.10. The Balaban J connectivity index is 2.21. The van der Waals surface area contributed by atoms with E-state index in [-0.39, 0.29) is 5.57 Å². The minimum absolute atomic E-state index is 0.0295. The SMILES string of the molecule is Cc1cc(/C=C(/C#N)C(=O)Nc2ccc(Br)cc2)c(C)o1. The third-order valence-corrected chi connectivity index (χ3v) is 3.38. The summed E-state index contributed by atoms with van der Waals surface area (Å²) in [5.74, 6) is 0.971. The molecule has 0 aliphatic carbocycles. The lowest BCUT2D eigenvalue weighted by Gasteiger charge is -2.04. The van der Waals surface area contributed by atoms with Gasteiger partial charge in [0.1, 0.15) is 23.2 Å².